The normalized spacial score (nSPS) is 11.2. The Bertz CT molecular complexity index is 961. The number of unbranched alkanes of at least 4 members (excludes halogenated alkanes) is 72. The Morgan fingerprint density at radius 1 is 0.0891 bits per heavy atom. The molecule has 0 N–H and O–H groups in total. The molecule has 5 heteroatoms. The molecule has 0 aliphatic carbocycles. The molecule has 0 aliphatic heterocycles. The summed E-state index contributed by atoms with van der Waals surface area (Å²) in [5.74, 6) is 0. The van der Waals surface area contributed by atoms with Gasteiger partial charge in [0.25, 0.3) is 0 Å². The van der Waals surface area contributed by atoms with Crippen LogP contribution in [0.15, 0.2) is 0 Å². The Morgan fingerprint density at radius 3 is 0.218 bits per heavy atom. The van der Waals surface area contributed by atoms with Gasteiger partial charge in [-0.1, -0.05) is 569 Å². The van der Waals surface area contributed by atoms with E-state index in [0.717, 1.165) is 52.4 Å². The minimum atomic E-state index is 0. The third kappa shape index (κ3) is 125. The van der Waals surface area contributed by atoms with Crippen molar-refractivity contribution in [3.63, 3.8) is 0 Å². The van der Waals surface area contributed by atoms with Crippen molar-refractivity contribution in [1.29, 1.82) is 0 Å². The number of nitrogens with zero attached hydrogens (tertiary/aromatic N) is 4. The maximum Gasteiger partial charge on any atom is 4.00 e. The van der Waals surface area contributed by atoms with Crippen molar-refractivity contribution >= 4 is 0 Å². The molecule has 0 saturated heterocycles. The second-order valence-corrected chi connectivity index (χ2v) is 32.1. The van der Waals surface area contributed by atoms with Crippen LogP contribution in [0.1, 0.15) is 569 Å². The second-order valence-electron chi connectivity index (χ2n) is 32.1. The molecule has 101 heavy (non-hydrogen) atoms. The van der Waals surface area contributed by atoms with Crippen molar-refractivity contribution in [1.82, 2.24) is 0 Å². The monoisotopic (exact) mass is 1590 g/mol. The van der Waals surface area contributed by atoms with Crippen LogP contribution in [0.2, 0.25) is 0 Å². The Hall–Kier alpha value is 0.710. The second kappa shape index (κ2) is 116. The number of rotatable bonds is 88. The minimum Gasteiger partial charge on any atom is -0.662 e. The van der Waals surface area contributed by atoms with Gasteiger partial charge in [0.1, 0.15) is 0 Å². The van der Waals surface area contributed by atoms with Gasteiger partial charge in [-0.25, -0.2) is 0 Å². The molecule has 0 radical (unpaired) electrons. The average Bonchev–Trinajstić information content (AvgIpc) is 3.66. The Labute approximate surface area is 664 Å². The van der Waals surface area contributed by atoms with Gasteiger partial charge in [0.2, 0.25) is 0 Å². The topological polar surface area (TPSA) is 56.4 Å². The van der Waals surface area contributed by atoms with Crippen molar-refractivity contribution in [2.75, 3.05) is 52.4 Å². The van der Waals surface area contributed by atoms with E-state index < -0.39 is 0 Å². The smallest absolute Gasteiger partial charge is 0.662 e. The molecule has 0 bridgehead atoms. The molecule has 0 rings (SSSR count). The molecule has 0 spiro atoms. The van der Waals surface area contributed by atoms with Gasteiger partial charge in [0, 0.05) is 0 Å². The maximum atomic E-state index is 4.71. The predicted octanol–water partition coefficient (Wildman–Crippen LogP) is 36.8. The molecule has 0 heterocycles. The first-order valence-corrected chi connectivity index (χ1v) is 48.2. The van der Waals surface area contributed by atoms with Crippen LogP contribution >= 0.6 is 0 Å². The van der Waals surface area contributed by atoms with Gasteiger partial charge in [-0.05, 0) is 0 Å². The van der Waals surface area contributed by atoms with Crippen LogP contribution in [0.5, 0.6) is 0 Å². The van der Waals surface area contributed by atoms with Gasteiger partial charge >= 0.3 is 25.8 Å². The summed E-state index contributed by atoms with van der Waals surface area (Å²) in [5, 5.41) is 18.8. The molecule has 0 unspecified atom stereocenters. The Kier molecular flexibility index (Phi) is 127. The van der Waals surface area contributed by atoms with Gasteiger partial charge < -0.3 is 21.3 Å². The van der Waals surface area contributed by atoms with E-state index >= 15 is 0 Å². The fraction of sp³-hybridized carbons (Fsp3) is 1.00. The van der Waals surface area contributed by atoms with Gasteiger partial charge in [-0.15, -0.1) is 52.4 Å². The SMILES string of the molecule is CCCCCCCCCCCC[N-]CCCCCCCCCCCC.CCCCCCCCCCCC[N-]CCCCCCCCCCCC.CCCCCCCCCCCC[N-]CCCCCCCCCCCC.CCCCCCCCCCCC[N-]CCCCCCCCCCCC.[Hf+4]. The largest absolute Gasteiger partial charge is 4.00 e. The van der Waals surface area contributed by atoms with E-state index in [0.29, 0.717) is 0 Å². The third-order valence-corrected chi connectivity index (χ3v) is 21.4. The van der Waals surface area contributed by atoms with Gasteiger partial charge in [0.05, 0.1) is 0 Å². The predicted molar refractivity (Wildman–Crippen MR) is 467 cm³/mol. The summed E-state index contributed by atoms with van der Waals surface area (Å²) in [6.07, 6.45) is 114. The molecular formula is C96H200HfN4. The average molecular weight is 1590 g/mol. The standard InChI is InChI=1S/4C24H50N.Hf/c4*1-3-5-7-9-11-13-15-17-19-21-23-25-24-22-20-18-16-14-12-10-8-6-4-2;/h4*3-24H2,1-2H3;/q4*-1;+4. The Morgan fingerprint density at radius 2 is 0.149 bits per heavy atom. The summed E-state index contributed by atoms with van der Waals surface area (Å²) >= 11 is 0. The molecule has 0 aromatic heterocycles. The zero-order valence-electron chi connectivity index (χ0n) is 72.5. The van der Waals surface area contributed by atoms with Crippen LogP contribution in [0, 0.1) is 0 Å². The molecule has 0 fully saturated rings. The fourth-order valence-corrected chi connectivity index (χ4v) is 14.1. The van der Waals surface area contributed by atoms with Gasteiger partial charge in [-0.3, -0.25) is 0 Å². The molecule has 0 aromatic carbocycles. The zero-order chi connectivity index (χ0) is 73.1. The molecule has 0 saturated carbocycles. The summed E-state index contributed by atoms with van der Waals surface area (Å²) in [5.41, 5.74) is 0. The molecule has 0 atom stereocenters. The molecule has 0 aromatic rings. The van der Waals surface area contributed by atoms with E-state index in [2.05, 4.69) is 55.4 Å². The van der Waals surface area contributed by atoms with Crippen molar-refractivity contribution in [2.24, 2.45) is 0 Å². The Balaban J connectivity index is -0.000000404. The molecule has 4 nitrogen and oxygen atoms in total. The van der Waals surface area contributed by atoms with Crippen LogP contribution in [0.3, 0.4) is 0 Å². The minimum absolute atomic E-state index is 0. The van der Waals surface area contributed by atoms with E-state index in [1.807, 2.05) is 0 Å². The van der Waals surface area contributed by atoms with Gasteiger partial charge in [-0.2, -0.15) is 0 Å². The van der Waals surface area contributed by atoms with Crippen molar-refractivity contribution < 1.29 is 25.8 Å². The quantitative estimate of drug-likeness (QED) is 0.0430. The van der Waals surface area contributed by atoms with E-state index in [9.17, 15) is 0 Å². The van der Waals surface area contributed by atoms with E-state index in [1.165, 1.54) is 514 Å². The van der Waals surface area contributed by atoms with Crippen LogP contribution in [0.25, 0.3) is 21.3 Å². The van der Waals surface area contributed by atoms with Crippen molar-refractivity contribution in [3.05, 3.63) is 21.3 Å². The summed E-state index contributed by atoms with van der Waals surface area (Å²) in [4.78, 5) is 0. The molecule has 0 aliphatic rings. The third-order valence-electron chi connectivity index (χ3n) is 21.4. The summed E-state index contributed by atoms with van der Waals surface area (Å²) in [7, 11) is 0. The van der Waals surface area contributed by atoms with Crippen molar-refractivity contribution in [3.8, 4) is 0 Å². The first kappa shape index (κ1) is 110. The van der Waals surface area contributed by atoms with Crippen LogP contribution in [-0.2, 0) is 25.8 Å². The van der Waals surface area contributed by atoms with E-state index in [-0.39, 0.29) is 25.8 Å². The van der Waals surface area contributed by atoms with Crippen LogP contribution in [-0.4, -0.2) is 52.4 Å². The van der Waals surface area contributed by atoms with Crippen molar-refractivity contribution in [2.45, 2.75) is 569 Å². The fourth-order valence-electron chi connectivity index (χ4n) is 14.1. The number of hydrogen-bond acceptors (Lipinski definition) is 0. The van der Waals surface area contributed by atoms with Gasteiger partial charge in [0.15, 0.2) is 0 Å². The number of hydrogen-bond donors (Lipinski definition) is 0. The van der Waals surface area contributed by atoms with E-state index in [1.54, 1.807) is 0 Å². The first-order valence-electron chi connectivity index (χ1n) is 48.2. The zero-order valence-corrected chi connectivity index (χ0v) is 76.1. The first-order chi connectivity index (χ1) is 49.7. The molecule has 608 valence electrons. The maximum absolute atomic E-state index is 4.71. The summed E-state index contributed by atoms with van der Waals surface area (Å²) in [6.45, 7) is 27.3. The molecular weight excluding hydrogens is 1390 g/mol. The van der Waals surface area contributed by atoms with E-state index in [4.69, 9.17) is 21.3 Å². The molecule has 0 amide bonds. The van der Waals surface area contributed by atoms with Crippen LogP contribution < -0.4 is 0 Å². The summed E-state index contributed by atoms with van der Waals surface area (Å²) < 4.78 is 0. The van der Waals surface area contributed by atoms with Crippen LogP contribution in [0.4, 0.5) is 0 Å². The summed E-state index contributed by atoms with van der Waals surface area (Å²) in [6, 6.07) is 0.